The van der Waals surface area contributed by atoms with Crippen molar-refractivity contribution in [2.75, 3.05) is 25.4 Å². The predicted molar refractivity (Wildman–Crippen MR) is 57.5 cm³/mol. The van der Waals surface area contributed by atoms with Crippen molar-refractivity contribution < 1.29 is 8.42 Å². The highest BCUT2D eigenvalue weighted by molar-refractivity contribution is 7.89. The second-order valence-corrected chi connectivity index (χ2v) is 5.71. The molecular formula is C9H20N2O2S. The Kier molecular flexibility index (Phi) is 4.84. The summed E-state index contributed by atoms with van der Waals surface area (Å²) in [5.41, 5.74) is 0. The van der Waals surface area contributed by atoms with E-state index in [4.69, 9.17) is 5.14 Å². The van der Waals surface area contributed by atoms with Crippen LogP contribution < -0.4 is 5.14 Å². The summed E-state index contributed by atoms with van der Waals surface area (Å²) in [6.45, 7) is 3.10. The first-order valence-electron chi connectivity index (χ1n) is 5.31. The lowest BCUT2D eigenvalue weighted by Crippen LogP contribution is -2.28. The van der Waals surface area contributed by atoms with Crippen LogP contribution in [-0.4, -0.2) is 38.7 Å². The molecule has 0 unspecified atom stereocenters. The molecule has 0 aromatic heterocycles. The summed E-state index contributed by atoms with van der Waals surface area (Å²) in [6.07, 6.45) is 5.78. The van der Waals surface area contributed by atoms with Crippen LogP contribution in [-0.2, 0) is 10.0 Å². The first-order valence-corrected chi connectivity index (χ1v) is 7.02. The molecule has 1 rings (SSSR count). The number of nitrogens with two attached hydrogens (primary N) is 1. The first kappa shape index (κ1) is 11.9. The van der Waals surface area contributed by atoms with Gasteiger partial charge in [-0.05, 0) is 38.9 Å². The van der Waals surface area contributed by atoms with Gasteiger partial charge in [0.1, 0.15) is 0 Å². The third-order valence-corrected chi connectivity index (χ3v) is 3.46. The molecular weight excluding hydrogens is 200 g/mol. The molecule has 0 aliphatic carbocycles. The van der Waals surface area contributed by atoms with E-state index in [0.717, 1.165) is 19.6 Å². The summed E-state index contributed by atoms with van der Waals surface area (Å²) in [6, 6.07) is 0. The van der Waals surface area contributed by atoms with E-state index in [2.05, 4.69) is 4.90 Å². The molecule has 0 spiro atoms. The maximum atomic E-state index is 10.7. The molecule has 0 radical (unpaired) electrons. The van der Waals surface area contributed by atoms with Gasteiger partial charge in [-0.25, -0.2) is 13.6 Å². The van der Waals surface area contributed by atoms with Gasteiger partial charge >= 0.3 is 0 Å². The maximum Gasteiger partial charge on any atom is 0.209 e. The lowest BCUT2D eigenvalue weighted by molar-refractivity contribution is 0.286. The van der Waals surface area contributed by atoms with Gasteiger partial charge in [0.25, 0.3) is 0 Å². The second-order valence-electron chi connectivity index (χ2n) is 3.98. The van der Waals surface area contributed by atoms with Gasteiger partial charge in [-0.1, -0.05) is 12.8 Å². The molecule has 0 aromatic carbocycles. The SMILES string of the molecule is NS(=O)(=O)CCCN1CCCCCC1. The second kappa shape index (κ2) is 5.68. The van der Waals surface area contributed by atoms with E-state index in [1.807, 2.05) is 0 Å². The highest BCUT2D eigenvalue weighted by atomic mass is 32.2. The zero-order valence-corrected chi connectivity index (χ0v) is 9.43. The summed E-state index contributed by atoms with van der Waals surface area (Å²) in [7, 11) is -3.26. The van der Waals surface area contributed by atoms with Crippen molar-refractivity contribution in [1.29, 1.82) is 0 Å². The van der Waals surface area contributed by atoms with E-state index < -0.39 is 10.0 Å². The Morgan fingerprint density at radius 1 is 1.07 bits per heavy atom. The molecule has 1 fully saturated rings. The molecule has 0 amide bonds. The minimum atomic E-state index is -3.26. The number of hydrogen-bond donors (Lipinski definition) is 1. The first-order chi connectivity index (χ1) is 6.58. The molecule has 14 heavy (non-hydrogen) atoms. The zero-order valence-electron chi connectivity index (χ0n) is 8.61. The minimum absolute atomic E-state index is 0.115. The molecule has 1 aliphatic rings. The number of sulfonamides is 1. The summed E-state index contributed by atoms with van der Waals surface area (Å²) < 4.78 is 21.4. The zero-order chi connectivity index (χ0) is 10.4. The van der Waals surface area contributed by atoms with Crippen LogP contribution in [0.3, 0.4) is 0 Å². The van der Waals surface area contributed by atoms with Crippen LogP contribution >= 0.6 is 0 Å². The molecule has 0 aromatic rings. The Bertz CT molecular complexity index is 244. The Balaban J connectivity index is 2.16. The van der Waals surface area contributed by atoms with Gasteiger partial charge in [-0.15, -0.1) is 0 Å². The van der Waals surface area contributed by atoms with Crippen molar-refractivity contribution in [2.45, 2.75) is 32.1 Å². The molecule has 1 aliphatic heterocycles. The van der Waals surface area contributed by atoms with Gasteiger partial charge in [0.05, 0.1) is 5.75 Å². The maximum absolute atomic E-state index is 10.7. The number of primary sulfonamides is 1. The lowest BCUT2D eigenvalue weighted by Gasteiger charge is -2.18. The van der Waals surface area contributed by atoms with E-state index in [1.54, 1.807) is 0 Å². The van der Waals surface area contributed by atoms with E-state index in [0.29, 0.717) is 6.42 Å². The van der Waals surface area contributed by atoms with Crippen LogP contribution in [0.15, 0.2) is 0 Å². The molecule has 5 heteroatoms. The Morgan fingerprint density at radius 3 is 2.14 bits per heavy atom. The number of nitrogens with zero attached hydrogens (tertiary/aromatic N) is 1. The van der Waals surface area contributed by atoms with Crippen LogP contribution in [0.1, 0.15) is 32.1 Å². The third kappa shape index (κ3) is 5.57. The van der Waals surface area contributed by atoms with Crippen molar-refractivity contribution in [2.24, 2.45) is 5.14 Å². The molecule has 4 nitrogen and oxygen atoms in total. The molecule has 0 bridgehead atoms. The molecule has 0 atom stereocenters. The van der Waals surface area contributed by atoms with E-state index in [-0.39, 0.29) is 5.75 Å². The van der Waals surface area contributed by atoms with Crippen LogP contribution in [0.2, 0.25) is 0 Å². The Morgan fingerprint density at radius 2 is 1.64 bits per heavy atom. The van der Waals surface area contributed by atoms with Gasteiger partial charge in [0, 0.05) is 0 Å². The molecule has 1 heterocycles. The van der Waals surface area contributed by atoms with Crippen LogP contribution in [0, 0.1) is 0 Å². The van der Waals surface area contributed by atoms with Crippen LogP contribution in [0.4, 0.5) is 0 Å². The van der Waals surface area contributed by atoms with E-state index >= 15 is 0 Å². The van der Waals surface area contributed by atoms with E-state index in [1.165, 1.54) is 25.7 Å². The summed E-state index contributed by atoms with van der Waals surface area (Å²) in [4.78, 5) is 2.35. The molecule has 84 valence electrons. The van der Waals surface area contributed by atoms with Crippen molar-refractivity contribution in [3.63, 3.8) is 0 Å². The fourth-order valence-corrected chi connectivity index (χ4v) is 2.38. The third-order valence-electron chi connectivity index (χ3n) is 2.60. The predicted octanol–water partition coefficient (Wildman–Crippen LogP) is 0.541. The average molecular weight is 220 g/mol. The fraction of sp³-hybridized carbons (Fsp3) is 1.00. The van der Waals surface area contributed by atoms with Gasteiger partial charge < -0.3 is 4.90 Å². The highest BCUT2D eigenvalue weighted by Crippen LogP contribution is 2.09. The smallest absolute Gasteiger partial charge is 0.209 e. The van der Waals surface area contributed by atoms with E-state index in [9.17, 15) is 8.42 Å². The van der Waals surface area contributed by atoms with Crippen molar-refractivity contribution >= 4 is 10.0 Å². The normalized spacial score (nSPS) is 20.6. The topological polar surface area (TPSA) is 63.4 Å². The summed E-state index contributed by atoms with van der Waals surface area (Å²) >= 11 is 0. The van der Waals surface area contributed by atoms with Gasteiger partial charge in [-0.2, -0.15) is 0 Å². The standard InChI is InChI=1S/C9H20N2O2S/c10-14(12,13)9-5-8-11-6-3-1-2-4-7-11/h1-9H2,(H2,10,12,13). The monoisotopic (exact) mass is 220 g/mol. The average Bonchev–Trinajstić information content (AvgIpc) is 2.30. The molecule has 2 N–H and O–H groups in total. The van der Waals surface area contributed by atoms with Crippen molar-refractivity contribution in [3.8, 4) is 0 Å². The Hall–Kier alpha value is -0.130. The van der Waals surface area contributed by atoms with Crippen molar-refractivity contribution in [3.05, 3.63) is 0 Å². The van der Waals surface area contributed by atoms with Crippen LogP contribution in [0.5, 0.6) is 0 Å². The summed E-state index contributed by atoms with van der Waals surface area (Å²) in [5, 5.41) is 4.94. The Labute approximate surface area is 86.5 Å². The van der Waals surface area contributed by atoms with Gasteiger partial charge in [0.15, 0.2) is 0 Å². The lowest BCUT2D eigenvalue weighted by atomic mass is 10.2. The minimum Gasteiger partial charge on any atom is -0.303 e. The number of likely N-dealkylation sites (tertiary alicyclic amines) is 1. The molecule has 0 saturated carbocycles. The van der Waals surface area contributed by atoms with Gasteiger partial charge in [0.2, 0.25) is 10.0 Å². The fourth-order valence-electron chi connectivity index (χ4n) is 1.85. The number of rotatable bonds is 4. The number of hydrogen-bond acceptors (Lipinski definition) is 3. The van der Waals surface area contributed by atoms with Crippen molar-refractivity contribution in [1.82, 2.24) is 4.90 Å². The largest absolute Gasteiger partial charge is 0.303 e. The van der Waals surface area contributed by atoms with Gasteiger partial charge in [-0.3, -0.25) is 0 Å². The molecule has 1 saturated heterocycles. The van der Waals surface area contributed by atoms with Crippen LogP contribution in [0.25, 0.3) is 0 Å². The summed E-state index contributed by atoms with van der Waals surface area (Å²) in [5.74, 6) is 0.115. The quantitative estimate of drug-likeness (QED) is 0.752. The highest BCUT2D eigenvalue weighted by Gasteiger charge is 2.09.